The van der Waals surface area contributed by atoms with E-state index in [-0.39, 0.29) is 12.3 Å². The highest BCUT2D eigenvalue weighted by atomic mass is 16.6. The maximum atomic E-state index is 12.3. The second-order valence-electron chi connectivity index (χ2n) is 7.13. The van der Waals surface area contributed by atoms with Crippen molar-refractivity contribution in [2.75, 3.05) is 5.32 Å². The minimum absolute atomic E-state index is 0.103. The minimum Gasteiger partial charge on any atom is -0.309 e. The van der Waals surface area contributed by atoms with Gasteiger partial charge in [-0.05, 0) is 35.1 Å². The van der Waals surface area contributed by atoms with Gasteiger partial charge in [0, 0.05) is 23.8 Å². The number of carbonyl (C=O) groups is 1. The second-order valence-corrected chi connectivity index (χ2v) is 7.13. The summed E-state index contributed by atoms with van der Waals surface area (Å²) in [7, 11) is 0. The number of aromatic amines is 1. The first-order valence-corrected chi connectivity index (χ1v) is 9.43. The topological polar surface area (TPSA) is 101 Å². The monoisotopic (exact) mass is 388 g/mol. The minimum atomic E-state index is -0.485. The summed E-state index contributed by atoms with van der Waals surface area (Å²) in [5.41, 5.74) is 4.78. The van der Waals surface area contributed by atoms with Crippen LogP contribution in [0.15, 0.2) is 60.8 Å². The smallest absolute Gasteiger partial charge is 0.235 e. The van der Waals surface area contributed by atoms with Crippen LogP contribution in [0, 0.1) is 10.1 Å². The van der Waals surface area contributed by atoms with E-state index < -0.39 is 4.92 Å². The molecule has 7 heteroatoms. The van der Waals surface area contributed by atoms with Crippen LogP contribution in [0.4, 0.5) is 5.82 Å². The Balaban J connectivity index is 1.35. The van der Waals surface area contributed by atoms with Gasteiger partial charge in [-0.3, -0.25) is 20.0 Å². The molecule has 1 aliphatic carbocycles. The van der Waals surface area contributed by atoms with Crippen molar-refractivity contribution < 1.29 is 9.72 Å². The van der Waals surface area contributed by atoms with E-state index in [4.69, 9.17) is 0 Å². The van der Waals surface area contributed by atoms with Gasteiger partial charge in [0.1, 0.15) is 0 Å². The Morgan fingerprint density at radius 1 is 1.14 bits per heavy atom. The molecule has 1 amide bonds. The molecule has 7 nitrogen and oxygen atoms in total. The number of aromatic nitrogens is 2. The van der Waals surface area contributed by atoms with Gasteiger partial charge in [0.05, 0.1) is 11.3 Å². The maximum Gasteiger partial charge on any atom is 0.235 e. The number of hydrogen-bond acceptors (Lipinski definition) is 4. The summed E-state index contributed by atoms with van der Waals surface area (Å²) in [5.74, 6) is 1.03. The lowest BCUT2D eigenvalue weighted by Crippen LogP contribution is -2.14. The third-order valence-electron chi connectivity index (χ3n) is 4.83. The molecule has 1 saturated carbocycles. The molecule has 1 fully saturated rings. The number of nitrogens with zero attached hydrogens (tertiary/aromatic N) is 2. The largest absolute Gasteiger partial charge is 0.309 e. The zero-order valence-electron chi connectivity index (χ0n) is 15.7. The number of benzene rings is 2. The second kappa shape index (κ2) is 8.10. The SMILES string of the molecule is O=C(Cc1ccc(-c2ccc(/C=C/[N+](=O)[O-])cc2)cc1)Nc1cc(C2CC2)[nH]n1. The summed E-state index contributed by atoms with van der Waals surface area (Å²) < 4.78 is 0. The van der Waals surface area contributed by atoms with E-state index in [1.165, 1.54) is 18.9 Å². The van der Waals surface area contributed by atoms with Crippen molar-refractivity contribution >= 4 is 17.8 Å². The van der Waals surface area contributed by atoms with E-state index >= 15 is 0 Å². The van der Waals surface area contributed by atoms with Crippen molar-refractivity contribution in [3.05, 3.63) is 87.7 Å². The highest BCUT2D eigenvalue weighted by molar-refractivity contribution is 5.91. The molecule has 1 heterocycles. The fourth-order valence-corrected chi connectivity index (χ4v) is 3.13. The predicted molar refractivity (Wildman–Crippen MR) is 111 cm³/mol. The zero-order valence-corrected chi connectivity index (χ0v) is 15.7. The quantitative estimate of drug-likeness (QED) is 0.463. The van der Waals surface area contributed by atoms with Crippen molar-refractivity contribution in [3.8, 4) is 11.1 Å². The van der Waals surface area contributed by atoms with E-state index in [9.17, 15) is 14.9 Å². The van der Waals surface area contributed by atoms with Crippen LogP contribution in [0.1, 0.15) is 35.6 Å². The van der Waals surface area contributed by atoms with Crippen LogP contribution in [0.5, 0.6) is 0 Å². The van der Waals surface area contributed by atoms with Gasteiger partial charge in [0.25, 0.3) is 0 Å². The van der Waals surface area contributed by atoms with Crippen LogP contribution in [0.25, 0.3) is 17.2 Å². The fraction of sp³-hybridized carbons (Fsp3) is 0.182. The van der Waals surface area contributed by atoms with Gasteiger partial charge in [0.15, 0.2) is 5.82 Å². The predicted octanol–water partition coefficient (Wildman–Crippen LogP) is 4.38. The fourth-order valence-electron chi connectivity index (χ4n) is 3.13. The lowest BCUT2D eigenvalue weighted by atomic mass is 10.0. The molecular formula is C22H20N4O3. The van der Waals surface area contributed by atoms with E-state index in [0.717, 1.165) is 34.1 Å². The normalized spacial score (nSPS) is 13.5. The summed E-state index contributed by atoms with van der Waals surface area (Å²) in [6, 6.07) is 17.2. The number of carbonyl (C=O) groups excluding carboxylic acids is 1. The Morgan fingerprint density at radius 2 is 1.79 bits per heavy atom. The van der Waals surface area contributed by atoms with Gasteiger partial charge in [-0.2, -0.15) is 5.10 Å². The summed E-state index contributed by atoms with van der Waals surface area (Å²) in [6.45, 7) is 0. The Hall–Kier alpha value is -3.74. The molecule has 4 rings (SSSR count). The first kappa shape index (κ1) is 18.6. The van der Waals surface area contributed by atoms with Gasteiger partial charge in [0.2, 0.25) is 12.1 Å². The highest BCUT2D eigenvalue weighted by Crippen LogP contribution is 2.39. The number of amides is 1. The number of nitrogens with one attached hydrogen (secondary N) is 2. The van der Waals surface area contributed by atoms with Crippen LogP contribution in [0.3, 0.4) is 0 Å². The molecule has 0 bridgehead atoms. The van der Waals surface area contributed by atoms with Crippen molar-refractivity contribution in [3.63, 3.8) is 0 Å². The van der Waals surface area contributed by atoms with Crippen LogP contribution in [0.2, 0.25) is 0 Å². The van der Waals surface area contributed by atoms with Crippen LogP contribution in [-0.2, 0) is 11.2 Å². The van der Waals surface area contributed by atoms with Gasteiger partial charge in [-0.15, -0.1) is 0 Å². The van der Waals surface area contributed by atoms with Crippen LogP contribution in [-0.4, -0.2) is 21.0 Å². The Bertz CT molecular complexity index is 1050. The highest BCUT2D eigenvalue weighted by Gasteiger charge is 2.25. The molecule has 0 radical (unpaired) electrons. The first-order chi connectivity index (χ1) is 14.1. The van der Waals surface area contributed by atoms with Crippen LogP contribution < -0.4 is 5.32 Å². The van der Waals surface area contributed by atoms with Crippen LogP contribution >= 0.6 is 0 Å². The number of rotatable bonds is 7. The van der Waals surface area contributed by atoms with Crippen molar-refractivity contribution in [1.82, 2.24) is 10.2 Å². The summed E-state index contributed by atoms with van der Waals surface area (Å²) in [5, 5.41) is 20.3. The van der Waals surface area contributed by atoms with Crippen molar-refractivity contribution in [1.29, 1.82) is 0 Å². The molecule has 0 saturated heterocycles. The lowest BCUT2D eigenvalue weighted by Gasteiger charge is -2.05. The third-order valence-corrected chi connectivity index (χ3v) is 4.83. The molecule has 0 spiro atoms. The average molecular weight is 388 g/mol. The number of nitro groups is 1. The summed E-state index contributed by atoms with van der Waals surface area (Å²) >= 11 is 0. The molecule has 29 heavy (non-hydrogen) atoms. The lowest BCUT2D eigenvalue weighted by molar-refractivity contribution is -0.400. The molecule has 2 N–H and O–H groups in total. The molecule has 0 aliphatic heterocycles. The Kier molecular flexibility index (Phi) is 5.20. The van der Waals surface area contributed by atoms with Gasteiger partial charge in [-0.25, -0.2) is 0 Å². The standard InChI is InChI=1S/C22H20N4O3/c27-22(23-21-14-20(24-25-21)19-9-10-19)13-16-3-7-18(8-4-16)17-5-1-15(2-6-17)11-12-26(28)29/h1-8,11-12,14,19H,9-10,13H2,(H2,23,24,25,27)/b12-11+. The molecular weight excluding hydrogens is 368 g/mol. The molecule has 1 aromatic heterocycles. The van der Waals surface area contributed by atoms with Crippen molar-refractivity contribution in [2.45, 2.75) is 25.2 Å². The van der Waals surface area contributed by atoms with E-state index in [1.807, 2.05) is 54.6 Å². The van der Waals surface area contributed by atoms with E-state index in [0.29, 0.717) is 11.7 Å². The van der Waals surface area contributed by atoms with E-state index in [1.54, 1.807) is 0 Å². The molecule has 146 valence electrons. The average Bonchev–Trinajstić information content (AvgIpc) is 3.47. The zero-order chi connectivity index (χ0) is 20.2. The van der Waals surface area contributed by atoms with Gasteiger partial charge >= 0.3 is 0 Å². The summed E-state index contributed by atoms with van der Waals surface area (Å²) in [6.07, 6.45) is 5.01. The molecule has 0 atom stereocenters. The Morgan fingerprint density at radius 3 is 2.41 bits per heavy atom. The first-order valence-electron chi connectivity index (χ1n) is 9.43. The molecule has 3 aromatic rings. The molecule has 0 unspecified atom stereocenters. The van der Waals surface area contributed by atoms with Gasteiger partial charge < -0.3 is 5.32 Å². The molecule has 1 aliphatic rings. The maximum absolute atomic E-state index is 12.3. The third kappa shape index (κ3) is 4.95. The number of anilines is 1. The van der Waals surface area contributed by atoms with E-state index in [2.05, 4.69) is 15.5 Å². The van der Waals surface area contributed by atoms with Gasteiger partial charge in [-0.1, -0.05) is 48.5 Å². The summed E-state index contributed by atoms with van der Waals surface area (Å²) in [4.78, 5) is 22.2. The molecule has 2 aromatic carbocycles. The number of H-pyrrole nitrogens is 1. The van der Waals surface area contributed by atoms with Crippen molar-refractivity contribution in [2.24, 2.45) is 0 Å². The Labute approximate surface area is 167 Å². The number of hydrogen-bond donors (Lipinski definition) is 2.